The van der Waals surface area contributed by atoms with Crippen molar-refractivity contribution in [3.63, 3.8) is 0 Å². The molecular formula is C25H40O. The average molecular weight is 357 g/mol. The molecule has 1 unspecified atom stereocenters. The van der Waals surface area contributed by atoms with Crippen molar-refractivity contribution in [3.8, 4) is 0 Å². The SMILES string of the molecule is CC=CC1CCC(CCCCC2(COCC=CCC)C=CC=CC2)CC1. The molecule has 1 heteroatoms. The van der Waals surface area contributed by atoms with Gasteiger partial charge >= 0.3 is 0 Å². The lowest BCUT2D eigenvalue weighted by molar-refractivity contribution is 0.0801. The highest BCUT2D eigenvalue weighted by atomic mass is 16.5. The van der Waals surface area contributed by atoms with Crippen LogP contribution >= 0.6 is 0 Å². The summed E-state index contributed by atoms with van der Waals surface area (Å²) in [4.78, 5) is 0. The molecule has 2 rings (SSSR count). The van der Waals surface area contributed by atoms with Gasteiger partial charge in [0.15, 0.2) is 0 Å². The molecule has 0 radical (unpaired) electrons. The number of hydrogen-bond acceptors (Lipinski definition) is 1. The molecule has 146 valence electrons. The van der Waals surface area contributed by atoms with Crippen molar-refractivity contribution in [1.29, 1.82) is 0 Å². The van der Waals surface area contributed by atoms with E-state index < -0.39 is 0 Å². The van der Waals surface area contributed by atoms with E-state index in [9.17, 15) is 0 Å². The molecule has 0 heterocycles. The lowest BCUT2D eigenvalue weighted by Gasteiger charge is -2.31. The van der Waals surface area contributed by atoms with Gasteiger partial charge in [0.25, 0.3) is 0 Å². The van der Waals surface area contributed by atoms with Gasteiger partial charge in [-0.1, -0.05) is 74.8 Å². The smallest absolute Gasteiger partial charge is 0.0647 e. The quantitative estimate of drug-likeness (QED) is 0.276. The first-order chi connectivity index (χ1) is 12.8. The summed E-state index contributed by atoms with van der Waals surface area (Å²) in [6.45, 7) is 5.93. The lowest BCUT2D eigenvalue weighted by Crippen LogP contribution is -2.25. The van der Waals surface area contributed by atoms with E-state index in [2.05, 4.69) is 62.5 Å². The van der Waals surface area contributed by atoms with Crippen molar-refractivity contribution in [3.05, 3.63) is 48.6 Å². The van der Waals surface area contributed by atoms with Gasteiger partial charge in [-0.15, -0.1) is 0 Å². The summed E-state index contributed by atoms with van der Waals surface area (Å²) in [7, 11) is 0. The van der Waals surface area contributed by atoms with E-state index in [4.69, 9.17) is 4.74 Å². The zero-order valence-electron chi connectivity index (χ0n) is 17.2. The molecule has 0 bridgehead atoms. The van der Waals surface area contributed by atoms with Gasteiger partial charge in [-0.25, -0.2) is 0 Å². The maximum atomic E-state index is 5.98. The third kappa shape index (κ3) is 7.66. The molecule has 0 N–H and O–H groups in total. The normalized spacial score (nSPS) is 29.2. The first-order valence-electron chi connectivity index (χ1n) is 11.0. The van der Waals surface area contributed by atoms with E-state index in [1.807, 2.05) is 0 Å². The van der Waals surface area contributed by atoms with E-state index >= 15 is 0 Å². The second-order valence-electron chi connectivity index (χ2n) is 8.30. The van der Waals surface area contributed by atoms with Crippen molar-refractivity contribution >= 4 is 0 Å². The van der Waals surface area contributed by atoms with Crippen LogP contribution in [0.2, 0.25) is 0 Å². The summed E-state index contributed by atoms with van der Waals surface area (Å²) in [6, 6.07) is 0. The molecule has 0 aliphatic heterocycles. The van der Waals surface area contributed by atoms with Crippen LogP contribution in [0.1, 0.15) is 78.1 Å². The highest BCUT2D eigenvalue weighted by molar-refractivity contribution is 5.16. The van der Waals surface area contributed by atoms with Crippen LogP contribution in [0.5, 0.6) is 0 Å². The van der Waals surface area contributed by atoms with Crippen LogP contribution in [0.25, 0.3) is 0 Å². The molecular weight excluding hydrogens is 316 g/mol. The fraction of sp³-hybridized carbons (Fsp3) is 0.680. The zero-order chi connectivity index (χ0) is 18.5. The first kappa shape index (κ1) is 21.2. The highest BCUT2D eigenvalue weighted by Gasteiger charge is 2.27. The van der Waals surface area contributed by atoms with Gasteiger partial charge in [-0.05, 0) is 63.7 Å². The fourth-order valence-electron chi connectivity index (χ4n) is 4.49. The molecule has 1 saturated carbocycles. The predicted octanol–water partition coefficient (Wildman–Crippen LogP) is 7.41. The van der Waals surface area contributed by atoms with E-state index in [0.717, 1.165) is 37.9 Å². The number of allylic oxidation sites excluding steroid dienone is 6. The van der Waals surface area contributed by atoms with E-state index in [1.54, 1.807) is 0 Å². The Hall–Kier alpha value is -1.08. The summed E-state index contributed by atoms with van der Waals surface area (Å²) >= 11 is 0. The van der Waals surface area contributed by atoms with Gasteiger partial charge in [-0.2, -0.15) is 0 Å². The van der Waals surface area contributed by atoms with E-state index in [0.29, 0.717) is 0 Å². The predicted molar refractivity (Wildman–Crippen MR) is 114 cm³/mol. The number of hydrogen-bond donors (Lipinski definition) is 0. The minimum atomic E-state index is 0.235. The van der Waals surface area contributed by atoms with Crippen molar-refractivity contribution in [1.82, 2.24) is 0 Å². The van der Waals surface area contributed by atoms with Crippen LogP contribution < -0.4 is 0 Å². The van der Waals surface area contributed by atoms with E-state index in [-0.39, 0.29) is 5.41 Å². The molecule has 2 aliphatic rings. The number of ether oxygens (including phenoxy) is 1. The third-order valence-corrected chi connectivity index (χ3v) is 6.12. The Morgan fingerprint density at radius 1 is 1.08 bits per heavy atom. The maximum Gasteiger partial charge on any atom is 0.0647 e. The van der Waals surface area contributed by atoms with Crippen LogP contribution in [0, 0.1) is 17.3 Å². The molecule has 0 amide bonds. The van der Waals surface area contributed by atoms with Crippen LogP contribution in [0.3, 0.4) is 0 Å². The van der Waals surface area contributed by atoms with E-state index in [1.165, 1.54) is 51.4 Å². The van der Waals surface area contributed by atoms with Gasteiger partial charge < -0.3 is 4.74 Å². The monoisotopic (exact) mass is 356 g/mol. The Balaban J connectivity index is 1.66. The maximum absolute atomic E-state index is 5.98. The summed E-state index contributed by atoms with van der Waals surface area (Å²) in [5.41, 5.74) is 0.235. The Labute approximate surface area is 162 Å². The molecule has 1 fully saturated rings. The molecule has 2 aliphatic carbocycles. The number of rotatable bonds is 11. The largest absolute Gasteiger partial charge is 0.376 e. The summed E-state index contributed by atoms with van der Waals surface area (Å²) < 4.78 is 5.98. The molecule has 0 aromatic carbocycles. The molecule has 0 saturated heterocycles. The molecule has 1 nitrogen and oxygen atoms in total. The Bertz CT molecular complexity index is 476. The van der Waals surface area contributed by atoms with Gasteiger partial charge in [0.05, 0.1) is 13.2 Å². The average Bonchev–Trinajstić information content (AvgIpc) is 2.67. The summed E-state index contributed by atoms with van der Waals surface area (Å²) in [5.74, 6) is 1.84. The zero-order valence-corrected chi connectivity index (χ0v) is 17.2. The highest BCUT2D eigenvalue weighted by Crippen LogP contribution is 2.36. The summed E-state index contributed by atoms with van der Waals surface area (Å²) in [5, 5.41) is 0. The van der Waals surface area contributed by atoms with Crippen molar-refractivity contribution in [2.45, 2.75) is 78.1 Å². The molecule has 0 aromatic heterocycles. The van der Waals surface area contributed by atoms with Crippen LogP contribution in [0.15, 0.2) is 48.6 Å². The fourth-order valence-corrected chi connectivity index (χ4v) is 4.49. The first-order valence-corrected chi connectivity index (χ1v) is 11.0. The van der Waals surface area contributed by atoms with Gasteiger partial charge in [0.1, 0.15) is 0 Å². The second-order valence-corrected chi connectivity index (χ2v) is 8.30. The van der Waals surface area contributed by atoms with Crippen LogP contribution in [-0.2, 0) is 4.74 Å². The molecule has 1 atom stereocenters. The van der Waals surface area contributed by atoms with Gasteiger partial charge in [-0.3, -0.25) is 0 Å². The minimum Gasteiger partial charge on any atom is -0.376 e. The van der Waals surface area contributed by atoms with Crippen LogP contribution in [0.4, 0.5) is 0 Å². The Kier molecular flexibility index (Phi) is 10.1. The topological polar surface area (TPSA) is 9.23 Å². The third-order valence-electron chi connectivity index (χ3n) is 6.12. The van der Waals surface area contributed by atoms with Crippen molar-refractivity contribution < 1.29 is 4.74 Å². The minimum absolute atomic E-state index is 0.235. The van der Waals surface area contributed by atoms with Gasteiger partial charge in [0.2, 0.25) is 0 Å². The molecule has 26 heavy (non-hydrogen) atoms. The Morgan fingerprint density at radius 3 is 2.62 bits per heavy atom. The molecule has 0 spiro atoms. The van der Waals surface area contributed by atoms with Crippen molar-refractivity contribution in [2.75, 3.05) is 13.2 Å². The number of unbranched alkanes of at least 4 members (excludes halogenated alkanes) is 1. The Morgan fingerprint density at radius 2 is 1.92 bits per heavy atom. The second kappa shape index (κ2) is 12.3. The molecule has 0 aromatic rings. The van der Waals surface area contributed by atoms with Crippen LogP contribution in [-0.4, -0.2) is 13.2 Å². The standard InChI is InChI=1S/C25H40O/c1-3-5-11-21-26-22-25(18-8-6-9-19-25)20-10-7-13-24-16-14-23(12-4-2)15-17-24/h4-6,8-9,11-12,18,23-24H,3,7,10,13-17,19-22H2,1-2H3. The summed E-state index contributed by atoms with van der Waals surface area (Å²) in [6.07, 6.45) is 31.4. The van der Waals surface area contributed by atoms with Gasteiger partial charge in [0, 0.05) is 5.41 Å². The van der Waals surface area contributed by atoms with Crippen molar-refractivity contribution in [2.24, 2.45) is 17.3 Å². The lowest BCUT2D eigenvalue weighted by atomic mass is 9.76.